The van der Waals surface area contributed by atoms with Crippen molar-refractivity contribution in [3.05, 3.63) is 95.1 Å². The van der Waals surface area contributed by atoms with Crippen LogP contribution in [0.3, 0.4) is 0 Å². The van der Waals surface area contributed by atoms with E-state index in [0.717, 1.165) is 29.5 Å². The molecule has 0 aliphatic carbocycles. The zero-order valence-corrected chi connectivity index (χ0v) is 16.5. The molecule has 1 aliphatic heterocycles. The van der Waals surface area contributed by atoms with Gasteiger partial charge in [0.2, 0.25) is 0 Å². The molecule has 0 radical (unpaired) electrons. The summed E-state index contributed by atoms with van der Waals surface area (Å²) in [5.41, 5.74) is 5.05. The number of aryl methyl sites for hydroxylation is 1. The number of benzene rings is 3. The number of carbonyl (C=O) groups is 1. The highest BCUT2D eigenvalue weighted by atomic mass is 19.4. The molecule has 0 unspecified atom stereocenters. The van der Waals surface area contributed by atoms with Gasteiger partial charge in [-0.25, -0.2) is 0 Å². The van der Waals surface area contributed by atoms with Crippen molar-refractivity contribution in [1.29, 1.82) is 0 Å². The van der Waals surface area contributed by atoms with Gasteiger partial charge >= 0.3 is 6.18 Å². The van der Waals surface area contributed by atoms with Crippen LogP contribution < -0.4 is 0 Å². The molecule has 0 atom stereocenters. The van der Waals surface area contributed by atoms with Crippen LogP contribution in [0.2, 0.25) is 0 Å². The molecular weight excluding hydrogens is 387 g/mol. The predicted molar refractivity (Wildman–Crippen MR) is 111 cm³/mol. The minimum atomic E-state index is -4.21. The van der Waals surface area contributed by atoms with Crippen LogP contribution in [0.1, 0.15) is 33.5 Å². The van der Waals surface area contributed by atoms with E-state index in [-0.39, 0.29) is 11.5 Å². The standard InChI is InChI=1S/C25H22F3NO/c26-25(27,28)16-18-8-10-20(11-9-18)22-13-12-19-7-4-14-29(17-23(19)15-22)24(30)21-5-2-1-3-6-21/h1-3,5-6,8-13,15H,4,7,14,16-17H2. The van der Waals surface area contributed by atoms with Gasteiger partial charge in [0.05, 0.1) is 6.42 Å². The number of hydrogen-bond acceptors (Lipinski definition) is 1. The molecule has 3 aromatic carbocycles. The molecule has 1 aliphatic rings. The fourth-order valence-electron chi connectivity index (χ4n) is 3.92. The van der Waals surface area contributed by atoms with Crippen molar-refractivity contribution < 1.29 is 18.0 Å². The lowest BCUT2D eigenvalue weighted by molar-refractivity contribution is -0.127. The van der Waals surface area contributed by atoms with E-state index >= 15 is 0 Å². The molecule has 1 amide bonds. The minimum absolute atomic E-state index is 0.0188. The van der Waals surface area contributed by atoms with Crippen LogP contribution in [0.15, 0.2) is 72.8 Å². The highest BCUT2D eigenvalue weighted by Gasteiger charge is 2.27. The molecule has 2 nitrogen and oxygen atoms in total. The molecule has 3 aromatic rings. The smallest absolute Gasteiger partial charge is 0.334 e. The first-order valence-electron chi connectivity index (χ1n) is 10.0. The summed E-state index contributed by atoms with van der Waals surface area (Å²) < 4.78 is 37.8. The molecular formula is C25H22F3NO. The Bertz CT molecular complexity index is 1030. The maximum Gasteiger partial charge on any atom is 0.393 e. The zero-order valence-electron chi connectivity index (χ0n) is 16.5. The summed E-state index contributed by atoms with van der Waals surface area (Å²) in [5, 5.41) is 0. The summed E-state index contributed by atoms with van der Waals surface area (Å²) in [5.74, 6) is 0.0188. The fraction of sp³-hybridized carbons (Fsp3) is 0.240. The van der Waals surface area contributed by atoms with Gasteiger partial charge in [0.15, 0.2) is 0 Å². The SMILES string of the molecule is O=C(c1ccccc1)N1CCCc2ccc(-c3ccc(CC(F)(F)F)cc3)cc2C1. The van der Waals surface area contributed by atoms with E-state index in [0.29, 0.717) is 18.7 Å². The lowest BCUT2D eigenvalue weighted by Crippen LogP contribution is -2.30. The van der Waals surface area contributed by atoms with E-state index in [1.54, 1.807) is 12.1 Å². The summed E-state index contributed by atoms with van der Waals surface area (Å²) in [6.07, 6.45) is -3.33. The summed E-state index contributed by atoms with van der Waals surface area (Å²) in [4.78, 5) is 14.8. The van der Waals surface area contributed by atoms with Crippen molar-refractivity contribution in [3.63, 3.8) is 0 Å². The van der Waals surface area contributed by atoms with Gasteiger partial charge in [-0.05, 0) is 58.9 Å². The molecule has 0 fully saturated rings. The van der Waals surface area contributed by atoms with Crippen LogP contribution >= 0.6 is 0 Å². The molecule has 1 heterocycles. The molecule has 4 rings (SSSR count). The molecule has 0 aromatic heterocycles. The number of carbonyl (C=O) groups excluding carboxylic acids is 1. The molecule has 0 saturated carbocycles. The van der Waals surface area contributed by atoms with Crippen molar-refractivity contribution in [2.75, 3.05) is 6.54 Å². The van der Waals surface area contributed by atoms with Crippen molar-refractivity contribution in [3.8, 4) is 11.1 Å². The lowest BCUT2D eigenvalue weighted by Gasteiger charge is -2.21. The monoisotopic (exact) mass is 409 g/mol. The van der Waals surface area contributed by atoms with E-state index in [9.17, 15) is 18.0 Å². The first-order valence-corrected chi connectivity index (χ1v) is 10.0. The topological polar surface area (TPSA) is 20.3 Å². The molecule has 154 valence electrons. The molecule has 0 spiro atoms. The minimum Gasteiger partial charge on any atom is -0.334 e. The van der Waals surface area contributed by atoms with Crippen LogP contribution in [-0.4, -0.2) is 23.5 Å². The van der Waals surface area contributed by atoms with Crippen LogP contribution in [0.5, 0.6) is 0 Å². The number of rotatable bonds is 3. The van der Waals surface area contributed by atoms with Crippen molar-refractivity contribution in [2.24, 2.45) is 0 Å². The third-order valence-corrected chi connectivity index (χ3v) is 5.44. The molecule has 0 bridgehead atoms. The van der Waals surface area contributed by atoms with Gasteiger partial charge in [0.25, 0.3) is 5.91 Å². The second kappa shape index (κ2) is 8.34. The summed E-state index contributed by atoms with van der Waals surface area (Å²) >= 11 is 0. The van der Waals surface area contributed by atoms with E-state index in [2.05, 4.69) is 12.1 Å². The Labute approximate surface area is 174 Å². The highest BCUT2D eigenvalue weighted by molar-refractivity contribution is 5.94. The van der Waals surface area contributed by atoms with Gasteiger partial charge in [-0.2, -0.15) is 13.2 Å². The number of amides is 1. The average Bonchev–Trinajstić information content (AvgIpc) is 2.95. The molecule has 30 heavy (non-hydrogen) atoms. The van der Waals surface area contributed by atoms with Gasteiger partial charge in [0.1, 0.15) is 0 Å². The van der Waals surface area contributed by atoms with Crippen molar-refractivity contribution >= 4 is 5.91 Å². The van der Waals surface area contributed by atoms with Crippen molar-refractivity contribution in [1.82, 2.24) is 4.90 Å². The number of alkyl halides is 3. The highest BCUT2D eigenvalue weighted by Crippen LogP contribution is 2.28. The van der Waals surface area contributed by atoms with Gasteiger partial charge in [-0.3, -0.25) is 4.79 Å². The van der Waals surface area contributed by atoms with E-state index in [1.807, 2.05) is 41.3 Å². The number of fused-ring (bicyclic) bond motifs is 1. The van der Waals surface area contributed by atoms with Crippen molar-refractivity contribution in [2.45, 2.75) is 32.0 Å². The molecule has 5 heteroatoms. The Morgan fingerprint density at radius 3 is 2.27 bits per heavy atom. The third kappa shape index (κ3) is 4.73. The number of nitrogens with zero attached hydrogens (tertiary/aromatic N) is 1. The Hall–Kier alpha value is -3.08. The Morgan fingerprint density at radius 1 is 0.867 bits per heavy atom. The lowest BCUT2D eigenvalue weighted by atomic mass is 9.96. The summed E-state index contributed by atoms with van der Waals surface area (Å²) in [6, 6.07) is 21.9. The Balaban J connectivity index is 1.57. The maximum atomic E-state index is 12.9. The first kappa shape index (κ1) is 20.2. The van der Waals surface area contributed by atoms with E-state index in [4.69, 9.17) is 0 Å². The van der Waals surface area contributed by atoms with E-state index in [1.165, 1.54) is 17.7 Å². The third-order valence-electron chi connectivity index (χ3n) is 5.44. The summed E-state index contributed by atoms with van der Waals surface area (Å²) in [7, 11) is 0. The number of hydrogen-bond donors (Lipinski definition) is 0. The van der Waals surface area contributed by atoms with Gasteiger partial charge in [-0.15, -0.1) is 0 Å². The Morgan fingerprint density at radius 2 is 1.57 bits per heavy atom. The molecule has 0 saturated heterocycles. The van der Waals surface area contributed by atoms with Crippen LogP contribution in [0.4, 0.5) is 13.2 Å². The van der Waals surface area contributed by atoms with Gasteiger partial charge < -0.3 is 4.90 Å². The first-order chi connectivity index (χ1) is 14.4. The van der Waals surface area contributed by atoms with Gasteiger partial charge in [-0.1, -0.05) is 54.6 Å². The second-order valence-corrected chi connectivity index (χ2v) is 7.67. The average molecular weight is 409 g/mol. The Kier molecular flexibility index (Phi) is 5.62. The number of halogens is 3. The normalized spacial score (nSPS) is 14.2. The molecule has 0 N–H and O–H groups in total. The van der Waals surface area contributed by atoms with E-state index < -0.39 is 12.6 Å². The van der Waals surface area contributed by atoms with Crippen LogP contribution in [0, 0.1) is 0 Å². The quantitative estimate of drug-likeness (QED) is 0.516. The van der Waals surface area contributed by atoms with Crippen LogP contribution in [-0.2, 0) is 19.4 Å². The summed E-state index contributed by atoms with van der Waals surface area (Å²) in [6.45, 7) is 1.23. The zero-order chi connectivity index (χ0) is 21.1. The second-order valence-electron chi connectivity index (χ2n) is 7.67. The maximum absolute atomic E-state index is 12.9. The van der Waals surface area contributed by atoms with Gasteiger partial charge in [0, 0.05) is 18.7 Å². The predicted octanol–water partition coefficient (Wildman–Crippen LogP) is 6.05. The largest absolute Gasteiger partial charge is 0.393 e. The fourth-order valence-corrected chi connectivity index (χ4v) is 3.92. The van der Waals surface area contributed by atoms with Crippen LogP contribution in [0.25, 0.3) is 11.1 Å².